The van der Waals surface area contributed by atoms with Gasteiger partial charge in [-0.2, -0.15) is 0 Å². The van der Waals surface area contributed by atoms with Crippen molar-refractivity contribution in [3.05, 3.63) is 28.8 Å². The van der Waals surface area contributed by atoms with Crippen LogP contribution in [0, 0.1) is 26.2 Å². The molecule has 0 spiro atoms. The normalized spacial score (nSPS) is 11.4. The van der Waals surface area contributed by atoms with Gasteiger partial charge in [0.25, 0.3) is 0 Å². The number of thiocarbonyl (C=S) groups is 1. The second-order valence-corrected chi connectivity index (χ2v) is 6.34. The summed E-state index contributed by atoms with van der Waals surface area (Å²) in [5, 5.41) is 0. The number of benzene rings is 1. The first-order valence-electron chi connectivity index (χ1n) is 6.74. The van der Waals surface area contributed by atoms with Gasteiger partial charge in [-0.3, -0.25) is 0 Å². The molecular formula is C16H25NOS. The van der Waals surface area contributed by atoms with E-state index in [1.54, 1.807) is 0 Å². The fraction of sp³-hybridized carbons (Fsp3) is 0.562. The number of ether oxygens (including phenoxy) is 1. The standard InChI is InChI=1S/C16H25NOS/c1-11-9-12(2)13(3)14(10-11)18-8-6-7-16(4,5)15(17)19/h9-10H,6-8H2,1-5H3,(H2,17,19). The molecule has 0 heterocycles. The largest absolute Gasteiger partial charge is 0.493 e. The van der Waals surface area contributed by atoms with Crippen LogP contribution in [0.2, 0.25) is 0 Å². The Balaban J connectivity index is 2.53. The summed E-state index contributed by atoms with van der Waals surface area (Å²) in [5.41, 5.74) is 9.37. The molecule has 19 heavy (non-hydrogen) atoms. The van der Waals surface area contributed by atoms with Crippen molar-refractivity contribution >= 4 is 17.2 Å². The summed E-state index contributed by atoms with van der Waals surface area (Å²) in [4.78, 5) is 0.579. The molecule has 0 bridgehead atoms. The Morgan fingerprint density at radius 3 is 2.47 bits per heavy atom. The zero-order valence-electron chi connectivity index (χ0n) is 12.7. The summed E-state index contributed by atoms with van der Waals surface area (Å²) in [5.74, 6) is 0.991. The Morgan fingerprint density at radius 1 is 1.26 bits per heavy atom. The summed E-state index contributed by atoms with van der Waals surface area (Å²) in [6.07, 6.45) is 1.91. The molecule has 0 aliphatic rings. The first kappa shape index (κ1) is 16.0. The van der Waals surface area contributed by atoms with Crippen LogP contribution in [0.4, 0.5) is 0 Å². The summed E-state index contributed by atoms with van der Waals surface area (Å²) in [7, 11) is 0. The number of hydrogen-bond donors (Lipinski definition) is 1. The van der Waals surface area contributed by atoms with Crippen LogP contribution in [0.15, 0.2) is 12.1 Å². The van der Waals surface area contributed by atoms with Crippen LogP contribution in [-0.4, -0.2) is 11.6 Å². The summed E-state index contributed by atoms with van der Waals surface area (Å²) < 4.78 is 5.89. The highest BCUT2D eigenvalue weighted by atomic mass is 32.1. The summed E-state index contributed by atoms with van der Waals surface area (Å²) in [6.45, 7) is 11.2. The minimum Gasteiger partial charge on any atom is -0.493 e. The molecule has 3 heteroatoms. The van der Waals surface area contributed by atoms with E-state index in [9.17, 15) is 0 Å². The Bertz CT molecular complexity index is 466. The van der Waals surface area contributed by atoms with E-state index >= 15 is 0 Å². The van der Waals surface area contributed by atoms with E-state index in [2.05, 4.69) is 46.8 Å². The maximum atomic E-state index is 5.89. The molecule has 0 aromatic heterocycles. The zero-order chi connectivity index (χ0) is 14.6. The van der Waals surface area contributed by atoms with Crippen molar-refractivity contribution in [1.82, 2.24) is 0 Å². The van der Waals surface area contributed by atoms with Crippen LogP contribution in [-0.2, 0) is 0 Å². The highest BCUT2D eigenvalue weighted by Gasteiger charge is 2.20. The van der Waals surface area contributed by atoms with E-state index in [1.165, 1.54) is 16.7 Å². The first-order chi connectivity index (χ1) is 8.74. The molecule has 2 nitrogen and oxygen atoms in total. The first-order valence-corrected chi connectivity index (χ1v) is 7.15. The third-order valence-electron chi connectivity index (χ3n) is 3.63. The molecule has 0 fully saturated rings. The van der Waals surface area contributed by atoms with Crippen molar-refractivity contribution < 1.29 is 4.74 Å². The topological polar surface area (TPSA) is 35.2 Å². The van der Waals surface area contributed by atoms with Gasteiger partial charge in [-0.05, 0) is 56.4 Å². The van der Waals surface area contributed by atoms with Gasteiger partial charge in [0.15, 0.2) is 0 Å². The van der Waals surface area contributed by atoms with Gasteiger partial charge in [-0.15, -0.1) is 0 Å². The van der Waals surface area contributed by atoms with Crippen molar-refractivity contribution in [2.45, 2.75) is 47.5 Å². The van der Waals surface area contributed by atoms with Gasteiger partial charge in [-0.25, -0.2) is 0 Å². The van der Waals surface area contributed by atoms with Crippen molar-refractivity contribution in [3.8, 4) is 5.75 Å². The fourth-order valence-corrected chi connectivity index (χ4v) is 2.07. The lowest BCUT2D eigenvalue weighted by Crippen LogP contribution is -2.30. The minimum absolute atomic E-state index is 0.0870. The van der Waals surface area contributed by atoms with E-state index in [1.807, 2.05) is 0 Å². The smallest absolute Gasteiger partial charge is 0.122 e. The molecule has 0 unspecified atom stereocenters. The van der Waals surface area contributed by atoms with Crippen LogP contribution in [0.5, 0.6) is 5.75 Å². The molecule has 1 aromatic carbocycles. The predicted molar refractivity (Wildman–Crippen MR) is 85.9 cm³/mol. The molecule has 1 aromatic rings. The van der Waals surface area contributed by atoms with Crippen LogP contribution >= 0.6 is 12.2 Å². The molecule has 0 amide bonds. The monoisotopic (exact) mass is 279 g/mol. The zero-order valence-corrected chi connectivity index (χ0v) is 13.5. The number of hydrogen-bond acceptors (Lipinski definition) is 2. The van der Waals surface area contributed by atoms with Crippen LogP contribution in [0.25, 0.3) is 0 Å². The number of aryl methyl sites for hydroxylation is 2. The van der Waals surface area contributed by atoms with E-state index < -0.39 is 0 Å². The van der Waals surface area contributed by atoms with Gasteiger partial charge >= 0.3 is 0 Å². The molecule has 0 aliphatic carbocycles. The Morgan fingerprint density at radius 2 is 1.89 bits per heavy atom. The molecule has 0 saturated heterocycles. The molecule has 1 rings (SSSR count). The molecule has 0 radical (unpaired) electrons. The minimum atomic E-state index is -0.0870. The van der Waals surface area contributed by atoms with Gasteiger partial charge in [0.1, 0.15) is 5.75 Å². The molecule has 0 saturated carbocycles. The lowest BCUT2D eigenvalue weighted by molar-refractivity contribution is 0.286. The lowest BCUT2D eigenvalue weighted by atomic mass is 9.88. The average molecular weight is 279 g/mol. The highest BCUT2D eigenvalue weighted by Crippen LogP contribution is 2.25. The Labute approximate surface area is 122 Å². The second kappa shape index (κ2) is 6.38. The van der Waals surface area contributed by atoms with Gasteiger partial charge in [-0.1, -0.05) is 32.1 Å². The maximum Gasteiger partial charge on any atom is 0.122 e. The third-order valence-corrected chi connectivity index (χ3v) is 4.19. The van der Waals surface area contributed by atoms with E-state index in [0.29, 0.717) is 11.6 Å². The van der Waals surface area contributed by atoms with Crippen molar-refractivity contribution in [3.63, 3.8) is 0 Å². The summed E-state index contributed by atoms with van der Waals surface area (Å²) >= 11 is 5.07. The predicted octanol–water partition coefficient (Wildman–Crippen LogP) is 4.08. The SMILES string of the molecule is Cc1cc(C)c(C)c(OCCCC(C)(C)C(N)=S)c1. The average Bonchev–Trinajstić information content (AvgIpc) is 2.30. The molecule has 0 atom stereocenters. The molecule has 106 valence electrons. The van der Waals surface area contributed by atoms with E-state index in [4.69, 9.17) is 22.7 Å². The molecular weight excluding hydrogens is 254 g/mol. The van der Waals surface area contributed by atoms with Crippen LogP contribution in [0.1, 0.15) is 43.4 Å². The second-order valence-electron chi connectivity index (χ2n) is 5.91. The van der Waals surface area contributed by atoms with Gasteiger partial charge in [0.05, 0.1) is 11.6 Å². The van der Waals surface area contributed by atoms with Crippen LogP contribution < -0.4 is 10.5 Å². The fourth-order valence-electron chi connectivity index (χ4n) is 1.97. The van der Waals surface area contributed by atoms with E-state index in [0.717, 1.165) is 18.6 Å². The van der Waals surface area contributed by atoms with Gasteiger partial charge < -0.3 is 10.5 Å². The summed E-state index contributed by atoms with van der Waals surface area (Å²) in [6, 6.07) is 4.28. The van der Waals surface area contributed by atoms with Crippen LogP contribution in [0.3, 0.4) is 0 Å². The van der Waals surface area contributed by atoms with E-state index in [-0.39, 0.29) is 5.41 Å². The van der Waals surface area contributed by atoms with Crippen molar-refractivity contribution in [1.29, 1.82) is 0 Å². The molecule has 2 N–H and O–H groups in total. The van der Waals surface area contributed by atoms with Gasteiger partial charge in [0, 0.05) is 5.41 Å². The quantitative estimate of drug-likeness (QED) is 0.629. The highest BCUT2D eigenvalue weighted by molar-refractivity contribution is 7.80. The van der Waals surface area contributed by atoms with Gasteiger partial charge in [0.2, 0.25) is 0 Å². The Hall–Kier alpha value is -1.09. The Kier molecular flexibility index (Phi) is 5.36. The maximum absolute atomic E-state index is 5.89. The molecule has 0 aliphatic heterocycles. The van der Waals surface area contributed by atoms with Crippen molar-refractivity contribution in [2.75, 3.05) is 6.61 Å². The number of nitrogens with two attached hydrogens (primary N) is 1. The van der Waals surface area contributed by atoms with Crippen molar-refractivity contribution in [2.24, 2.45) is 11.1 Å². The number of rotatable bonds is 6. The third kappa shape index (κ3) is 4.50. The lowest BCUT2D eigenvalue weighted by Gasteiger charge is -2.23.